The minimum atomic E-state index is -0.687. The van der Waals surface area contributed by atoms with Crippen molar-refractivity contribution in [2.24, 2.45) is 0 Å². The molecule has 0 saturated heterocycles. The average Bonchev–Trinajstić information content (AvgIpc) is 2.14. The van der Waals surface area contributed by atoms with E-state index in [0.29, 0.717) is 6.42 Å². The van der Waals surface area contributed by atoms with Crippen LogP contribution in [0, 0.1) is 0 Å². The van der Waals surface area contributed by atoms with Crippen molar-refractivity contribution in [2.45, 2.75) is 13.0 Å². The fraction of sp³-hybridized carbons (Fsp3) is 0.429. The molecule has 14 heavy (non-hydrogen) atoms. The number of H-pyrrole nitrogens is 1. The second-order valence-corrected chi connectivity index (χ2v) is 2.79. The first kappa shape index (κ1) is 10.3. The number of aromatic nitrogens is 2. The van der Waals surface area contributed by atoms with E-state index < -0.39 is 11.2 Å². The van der Waals surface area contributed by atoms with Crippen LogP contribution < -0.4 is 22.7 Å². The normalized spacial score (nSPS) is 10.4. The van der Waals surface area contributed by atoms with Crippen LogP contribution >= 0.6 is 0 Å². The molecule has 1 aromatic heterocycles. The highest BCUT2D eigenvalue weighted by Gasteiger charge is 2.07. The first-order valence-electron chi connectivity index (χ1n) is 4.07. The SMILES string of the molecule is Nc1c(N)n(CCCO)c(=O)[nH]c1=O. The first-order chi connectivity index (χ1) is 6.57. The Morgan fingerprint density at radius 1 is 1.36 bits per heavy atom. The van der Waals surface area contributed by atoms with E-state index in [1.165, 1.54) is 0 Å². The van der Waals surface area contributed by atoms with Crippen LogP contribution in [0.25, 0.3) is 0 Å². The zero-order chi connectivity index (χ0) is 10.7. The van der Waals surface area contributed by atoms with Crippen LogP contribution in [0.5, 0.6) is 0 Å². The van der Waals surface area contributed by atoms with E-state index in [-0.39, 0.29) is 24.7 Å². The van der Waals surface area contributed by atoms with Gasteiger partial charge in [0, 0.05) is 13.2 Å². The molecule has 0 radical (unpaired) electrons. The lowest BCUT2D eigenvalue weighted by Gasteiger charge is -2.08. The number of aliphatic hydroxyl groups is 1. The Balaban J connectivity index is 3.23. The molecule has 0 unspecified atom stereocenters. The number of nitrogens with two attached hydrogens (primary N) is 2. The number of rotatable bonds is 3. The molecule has 0 bridgehead atoms. The molecule has 7 nitrogen and oxygen atoms in total. The van der Waals surface area contributed by atoms with Crippen molar-refractivity contribution in [3.8, 4) is 0 Å². The van der Waals surface area contributed by atoms with Crippen molar-refractivity contribution in [3.63, 3.8) is 0 Å². The van der Waals surface area contributed by atoms with Crippen LogP contribution in [0.2, 0.25) is 0 Å². The molecule has 0 aliphatic heterocycles. The van der Waals surface area contributed by atoms with Gasteiger partial charge < -0.3 is 16.6 Å². The predicted octanol–water partition coefficient (Wildman–Crippen LogP) is -1.92. The maximum Gasteiger partial charge on any atom is 0.330 e. The minimum Gasteiger partial charge on any atom is -0.396 e. The van der Waals surface area contributed by atoms with Crippen LogP contribution in [0.15, 0.2) is 9.59 Å². The number of nitrogens with zero attached hydrogens (tertiary/aromatic N) is 1. The van der Waals surface area contributed by atoms with E-state index in [0.717, 1.165) is 4.57 Å². The van der Waals surface area contributed by atoms with Crippen molar-refractivity contribution in [2.75, 3.05) is 18.1 Å². The monoisotopic (exact) mass is 200 g/mol. The van der Waals surface area contributed by atoms with Crippen LogP contribution in [-0.2, 0) is 6.54 Å². The Labute approximate surface area is 79.0 Å². The summed E-state index contributed by atoms with van der Waals surface area (Å²) in [6.07, 6.45) is 0.371. The first-order valence-corrected chi connectivity index (χ1v) is 4.07. The molecule has 0 amide bonds. The zero-order valence-corrected chi connectivity index (χ0v) is 7.49. The number of nitrogens with one attached hydrogen (secondary N) is 1. The quantitative estimate of drug-likeness (QED) is 0.452. The van der Waals surface area contributed by atoms with Gasteiger partial charge in [-0.3, -0.25) is 14.3 Å². The minimum absolute atomic E-state index is 0.0628. The molecule has 78 valence electrons. The molecule has 0 aliphatic carbocycles. The van der Waals surface area contributed by atoms with Gasteiger partial charge in [-0.25, -0.2) is 4.79 Å². The molecule has 1 aromatic rings. The topological polar surface area (TPSA) is 127 Å². The van der Waals surface area contributed by atoms with Gasteiger partial charge in [-0.15, -0.1) is 0 Å². The van der Waals surface area contributed by atoms with Crippen LogP contribution in [0.1, 0.15) is 6.42 Å². The van der Waals surface area contributed by atoms with Gasteiger partial charge in [0.15, 0.2) is 0 Å². The van der Waals surface area contributed by atoms with Gasteiger partial charge in [-0.05, 0) is 6.42 Å². The lowest BCUT2D eigenvalue weighted by Crippen LogP contribution is -2.34. The summed E-state index contributed by atoms with van der Waals surface area (Å²) in [7, 11) is 0. The molecule has 0 spiro atoms. The standard InChI is InChI=1S/C7H12N4O3/c8-4-5(9)11(2-1-3-12)7(14)10-6(4)13/h12H,1-3,8-9H2,(H,10,13,14). The van der Waals surface area contributed by atoms with Crippen molar-refractivity contribution < 1.29 is 5.11 Å². The van der Waals surface area contributed by atoms with E-state index in [9.17, 15) is 9.59 Å². The van der Waals surface area contributed by atoms with Gasteiger partial charge in [0.05, 0.1) is 0 Å². The van der Waals surface area contributed by atoms with E-state index >= 15 is 0 Å². The highest BCUT2D eigenvalue weighted by Crippen LogP contribution is 2.04. The summed E-state index contributed by atoms with van der Waals surface area (Å²) in [5, 5.41) is 8.57. The number of aliphatic hydroxyl groups excluding tert-OH is 1. The van der Waals surface area contributed by atoms with Crippen LogP contribution in [0.4, 0.5) is 11.5 Å². The second-order valence-electron chi connectivity index (χ2n) is 2.79. The van der Waals surface area contributed by atoms with Gasteiger partial charge in [0.1, 0.15) is 11.5 Å². The van der Waals surface area contributed by atoms with Crippen molar-refractivity contribution in [1.82, 2.24) is 9.55 Å². The van der Waals surface area contributed by atoms with Gasteiger partial charge in [-0.1, -0.05) is 0 Å². The Morgan fingerprint density at radius 2 is 2.00 bits per heavy atom. The van der Waals surface area contributed by atoms with Crippen LogP contribution in [-0.4, -0.2) is 21.3 Å². The molecular formula is C7H12N4O3. The summed E-state index contributed by atoms with van der Waals surface area (Å²) in [5.74, 6) is -0.0628. The van der Waals surface area contributed by atoms with Crippen LogP contribution in [0.3, 0.4) is 0 Å². The fourth-order valence-corrected chi connectivity index (χ4v) is 1.05. The summed E-state index contributed by atoms with van der Waals surface area (Å²) in [6.45, 7) is 0.160. The van der Waals surface area contributed by atoms with E-state index in [4.69, 9.17) is 16.6 Å². The molecular weight excluding hydrogens is 188 g/mol. The Hall–Kier alpha value is -1.76. The number of anilines is 2. The Bertz CT molecular complexity index is 434. The zero-order valence-electron chi connectivity index (χ0n) is 7.49. The highest BCUT2D eigenvalue weighted by molar-refractivity contribution is 5.56. The van der Waals surface area contributed by atoms with Crippen molar-refractivity contribution in [3.05, 3.63) is 20.8 Å². The third-order valence-corrected chi connectivity index (χ3v) is 1.82. The van der Waals surface area contributed by atoms with Gasteiger partial charge in [-0.2, -0.15) is 0 Å². The Kier molecular flexibility index (Phi) is 2.92. The lowest BCUT2D eigenvalue weighted by atomic mass is 10.4. The number of hydrogen-bond acceptors (Lipinski definition) is 5. The number of hydrogen-bond donors (Lipinski definition) is 4. The van der Waals surface area contributed by atoms with Crippen molar-refractivity contribution in [1.29, 1.82) is 0 Å². The number of aromatic amines is 1. The summed E-state index contributed by atoms with van der Waals surface area (Å²) >= 11 is 0. The van der Waals surface area contributed by atoms with Crippen molar-refractivity contribution >= 4 is 11.5 Å². The number of nitrogen functional groups attached to an aromatic ring is 2. The summed E-state index contributed by atoms with van der Waals surface area (Å²) in [4.78, 5) is 24.2. The third kappa shape index (κ3) is 1.77. The maximum absolute atomic E-state index is 11.2. The third-order valence-electron chi connectivity index (χ3n) is 1.82. The molecule has 0 saturated carbocycles. The molecule has 0 atom stereocenters. The summed E-state index contributed by atoms with van der Waals surface area (Å²) < 4.78 is 1.12. The van der Waals surface area contributed by atoms with Gasteiger partial charge in [0.25, 0.3) is 5.56 Å². The summed E-state index contributed by atoms with van der Waals surface area (Å²) in [5.41, 5.74) is 9.31. The van der Waals surface area contributed by atoms with E-state index in [1.54, 1.807) is 0 Å². The molecule has 1 heterocycles. The lowest BCUT2D eigenvalue weighted by molar-refractivity contribution is 0.279. The molecule has 1 rings (SSSR count). The van der Waals surface area contributed by atoms with Gasteiger partial charge in [0.2, 0.25) is 0 Å². The Morgan fingerprint density at radius 3 is 2.57 bits per heavy atom. The summed E-state index contributed by atoms with van der Waals surface area (Å²) in [6, 6.07) is 0. The average molecular weight is 200 g/mol. The maximum atomic E-state index is 11.2. The molecule has 6 N–H and O–H groups in total. The predicted molar refractivity (Wildman–Crippen MR) is 51.9 cm³/mol. The molecule has 0 aliphatic rings. The van der Waals surface area contributed by atoms with E-state index in [1.807, 2.05) is 4.98 Å². The highest BCUT2D eigenvalue weighted by atomic mass is 16.3. The molecule has 0 aromatic carbocycles. The second kappa shape index (κ2) is 3.97. The molecule has 0 fully saturated rings. The van der Waals surface area contributed by atoms with E-state index in [2.05, 4.69) is 0 Å². The fourth-order valence-electron chi connectivity index (χ4n) is 1.05. The smallest absolute Gasteiger partial charge is 0.330 e. The van der Waals surface area contributed by atoms with Gasteiger partial charge >= 0.3 is 5.69 Å². The molecule has 7 heteroatoms. The largest absolute Gasteiger partial charge is 0.396 e.